The van der Waals surface area contributed by atoms with Gasteiger partial charge in [0.2, 0.25) is 0 Å². The second-order valence-corrected chi connectivity index (χ2v) is 3.93. The number of nitrogens with two attached hydrogens (primary N) is 1. The number of nitrogens with one attached hydrogen (secondary N) is 1. The summed E-state index contributed by atoms with van der Waals surface area (Å²) in [5.41, 5.74) is 11.8. The van der Waals surface area contributed by atoms with Gasteiger partial charge in [0.15, 0.2) is 0 Å². The van der Waals surface area contributed by atoms with Crippen LogP contribution >= 0.6 is 0 Å². The van der Waals surface area contributed by atoms with Crippen molar-refractivity contribution in [2.24, 2.45) is 0 Å². The van der Waals surface area contributed by atoms with Crippen molar-refractivity contribution in [3.05, 3.63) is 35.0 Å². The third-order valence-corrected chi connectivity index (χ3v) is 2.91. The Hall–Kier alpha value is -1.77. The zero-order chi connectivity index (χ0) is 11.0. The Morgan fingerprint density at radius 2 is 1.73 bits per heavy atom. The summed E-state index contributed by atoms with van der Waals surface area (Å²) >= 11 is 0. The lowest BCUT2D eigenvalue weighted by Gasteiger charge is -2.08. The SMILES string of the molecule is Cc1cc(-c2cn[nH]c2N)cc(C)c1C. The molecule has 0 radical (unpaired) electrons. The van der Waals surface area contributed by atoms with Crippen LogP contribution in [0.3, 0.4) is 0 Å². The molecular formula is C12H15N3. The molecule has 0 amide bonds. The van der Waals surface area contributed by atoms with Gasteiger partial charge in [-0.3, -0.25) is 5.10 Å². The molecule has 2 rings (SSSR count). The van der Waals surface area contributed by atoms with Crippen LogP contribution in [0.4, 0.5) is 5.82 Å². The van der Waals surface area contributed by atoms with Gasteiger partial charge in [0.25, 0.3) is 0 Å². The summed E-state index contributed by atoms with van der Waals surface area (Å²) in [4.78, 5) is 0. The number of aromatic amines is 1. The first-order valence-electron chi connectivity index (χ1n) is 4.96. The highest BCUT2D eigenvalue weighted by atomic mass is 15.1. The molecule has 0 aliphatic carbocycles. The Balaban J connectivity index is 2.60. The molecule has 0 unspecified atom stereocenters. The molecule has 78 valence electrons. The lowest BCUT2D eigenvalue weighted by Crippen LogP contribution is -1.91. The molecule has 2 aromatic rings. The molecule has 0 saturated carbocycles. The van der Waals surface area contributed by atoms with Crippen LogP contribution in [0.1, 0.15) is 16.7 Å². The van der Waals surface area contributed by atoms with E-state index in [-0.39, 0.29) is 0 Å². The van der Waals surface area contributed by atoms with Gasteiger partial charge in [-0.2, -0.15) is 5.10 Å². The maximum Gasteiger partial charge on any atom is 0.126 e. The number of H-pyrrole nitrogens is 1. The zero-order valence-electron chi connectivity index (χ0n) is 9.26. The normalized spacial score (nSPS) is 10.6. The van der Waals surface area contributed by atoms with Crippen LogP contribution in [-0.4, -0.2) is 10.2 Å². The maximum atomic E-state index is 5.79. The quantitative estimate of drug-likeness (QED) is 0.745. The fraction of sp³-hybridized carbons (Fsp3) is 0.250. The van der Waals surface area contributed by atoms with E-state index in [4.69, 9.17) is 5.73 Å². The smallest absolute Gasteiger partial charge is 0.126 e. The monoisotopic (exact) mass is 201 g/mol. The van der Waals surface area contributed by atoms with E-state index in [1.165, 1.54) is 16.7 Å². The number of nitrogen functional groups attached to an aromatic ring is 1. The van der Waals surface area contributed by atoms with E-state index >= 15 is 0 Å². The van der Waals surface area contributed by atoms with Crippen molar-refractivity contribution in [3.8, 4) is 11.1 Å². The largest absolute Gasteiger partial charge is 0.384 e. The van der Waals surface area contributed by atoms with Crippen LogP contribution in [0.5, 0.6) is 0 Å². The summed E-state index contributed by atoms with van der Waals surface area (Å²) in [7, 11) is 0. The maximum absolute atomic E-state index is 5.79. The fourth-order valence-electron chi connectivity index (χ4n) is 1.72. The highest BCUT2D eigenvalue weighted by Gasteiger charge is 2.07. The van der Waals surface area contributed by atoms with E-state index < -0.39 is 0 Å². The predicted octanol–water partition coefficient (Wildman–Crippen LogP) is 2.58. The molecule has 0 bridgehead atoms. The first-order valence-corrected chi connectivity index (χ1v) is 4.96. The van der Waals surface area contributed by atoms with Gasteiger partial charge in [0.05, 0.1) is 6.20 Å². The number of benzene rings is 1. The minimum atomic E-state index is 0.623. The molecule has 1 aromatic heterocycles. The standard InChI is InChI=1S/C12H15N3/c1-7-4-10(5-8(2)9(7)3)11-6-14-15-12(11)13/h4-6H,1-3H3,(H3,13,14,15). The summed E-state index contributed by atoms with van der Waals surface area (Å²) in [6.07, 6.45) is 1.76. The number of rotatable bonds is 1. The summed E-state index contributed by atoms with van der Waals surface area (Å²) < 4.78 is 0. The Morgan fingerprint density at radius 3 is 2.20 bits per heavy atom. The van der Waals surface area contributed by atoms with E-state index in [1.54, 1.807) is 6.20 Å². The topological polar surface area (TPSA) is 54.7 Å². The average molecular weight is 201 g/mol. The highest BCUT2D eigenvalue weighted by Crippen LogP contribution is 2.27. The lowest BCUT2D eigenvalue weighted by molar-refractivity contribution is 1.10. The number of hydrogen-bond acceptors (Lipinski definition) is 2. The molecule has 0 aliphatic rings. The van der Waals surface area contributed by atoms with Crippen LogP contribution in [-0.2, 0) is 0 Å². The van der Waals surface area contributed by atoms with Gasteiger partial charge in [0.1, 0.15) is 5.82 Å². The molecule has 0 atom stereocenters. The van der Waals surface area contributed by atoms with Crippen molar-refractivity contribution < 1.29 is 0 Å². The Bertz CT molecular complexity index is 474. The number of nitrogens with zero attached hydrogens (tertiary/aromatic N) is 1. The number of aromatic nitrogens is 2. The van der Waals surface area contributed by atoms with E-state index in [0.29, 0.717) is 5.82 Å². The van der Waals surface area contributed by atoms with E-state index in [0.717, 1.165) is 11.1 Å². The molecule has 0 aliphatic heterocycles. The van der Waals surface area contributed by atoms with Crippen LogP contribution < -0.4 is 5.73 Å². The molecular weight excluding hydrogens is 186 g/mol. The third-order valence-electron chi connectivity index (χ3n) is 2.91. The third kappa shape index (κ3) is 1.61. The second kappa shape index (κ2) is 3.42. The number of aryl methyl sites for hydroxylation is 2. The molecule has 15 heavy (non-hydrogen) atoms. The van der Waals surface area contributed by atoms with Crippen molar-refractivity contribution in [2.45, 2.75) is 20.8 Å². The number of hydrogen-bond donors (Lipinski definition) is 2. The first-order chi connectivity index (χ1) is 7.09. The van der Waals surface area contributed by atoms with E-state index in [9.17, 15) is 0 Å². The summed E-state index contributed by atoms with van der Waals surface area (Å²) in [5.74, 6) is 0.623. The van der Waals surface area contributed by atoms with Gasteiger partial charge in [0, 0.05) is 5.56 Å². The van der Waals surface area contributed by atoms with E-state index in [2.05, 4.69) is 43.1 Å². The molecule has 0 fully saturated rings. The van der Waals surface area contributed by atoms with Gasteiger partial charge < -0.3 is 5.73 Å². The Kier molecular flexibility index (Phi) is 2.23. The minimum absolute atomic E-state index is 0.623. The molecule has 0 spiro atoms. The van der Waals surface area contributed by atoms with Crippen molar-refractivity contribution in [2.75, 3.05) is 5.73 Å². The van der Waals surface area contributed by atoms with Crippen LogP contribution in [0.2, 0.25) is 0 Å². The molecule has 3 N–H and O–H groups in total. The van der Waals surface area contributed by atoms with E-state index in [1.807, 2.05) is 0 Å². The average Bonchev–Trinajstić information content (AvgIpc) is 2.60. The molecule has 1 heterocycles. The van der Waals surface area contributed by atoms with Crippen molar-refractivity contribution >= 4 is 5.82 Å². The lowest BCUT2D eigenvalue weighted by atomic mass is 9.98. The van der Waals surface area contributed by atoms with Crippen molar-refractivity contribution in [3.63, 3.8) is 0 Å². The summed E-state index contributed by atoms with van der Waals surface area (Å²) in [5, 5.41) is 6.68. The predicted molar refractivity (Wildman–Crippen MR) is 62.6 cm³/mol. The van der Waals surface area contributed by atoms with Crippen LogP contribution in [0, 0.1) is 20.8 Å². The van der Waals surface area contributed by atoms with Crippen molar-refractivity contribution in [1.82, 2.24) is 10.2 Å². The zero-order valence-corrected chi connectivity index (χ0v) is 9.26. The fourth-order valence-corrected chi connectivity index (χ4v) is 1.72. The first kappa shape index (κ1) is 9.77. The van der Waals surface area contributed by atoms with Crippen LogP contribution in [0.25, 0.3) is 11.1 Å². The van der Waals surface area contributed by atoms with Gasteiger partial charge in [-0.25, -0.2) is 0 Å². The Morgan fingerprint density at radius 1 is 1.13 bits per heavy atom. The van der Waals surface area contributed by atoms with Crippen LogP contribution in [0.15, 0.2) is 18.3 Å². The van der Waals surface area contributed by atoms with Gasteiger partial charge in [-0.1, -0.05) is 12.1 Å². The highest BCUT2D eigenvalue weighted by molar-refractivity contribution is 5.74. The van der Waals surface area contributed by atoms with Gasteiger partial charge >= 0.3 is 0 Å². The molecule has 1 aromatic carbocycles. The minimum Gasteiger partial charge on any atom is -0.384 e. The van der Waals surface area contributed by atoms with Crippen molar-refractivity contribution in [1.29, 1.82) is 0 Å². The number of anilines is 1. The van der Waals surface area contributed by atoms with Gasteiger partial charge in [-0.15, -0.1) is 0 Å². The molecule has 3 heteroatoms. The second-order valence-electron chi connectivity index (χ2n) is 3.93. The molecule has 3 nitrogen and oxygen atoms in total. The molecule has 0 saturated heterocycles. The van der Waals surface area contributed by atoms with Gasteiger partial charge in [-0.05, 0) is 43.0 Å². The summed E-state index contributed by atoms with van der Waals surface area (Å²) in [6, 6.07) is 4.28. The Labute approximate surface area is 89.3 Å². The summed E-state index contributed by atoms with van der Waals surface area (Å²) in [6.45, 7) is 6.36.